The van der Waals surface area contributed by atoms with Crippen molar-refractivity contribution in [3.8, 4) is 0 Å². The van der Waals surface area contributed by atoms with Crippen LogP contribution in [0.5, 0.6) is 0 Å². The third-order valence-corrected chi connectivity index (χ3v) is 4.87. The zero-order valence-electron chi connectivity index (χ0n) is 18.0. The Labute approximate surface area is 187 Å². The lowest BCUT2D eigenvalue weighted by atomic mass is 10.1. The van der Waals surface area contributed by atoms with E-state index >= 15 is 0 Å². The summed E-state index contributed by atoms with van der Waals surface area (Å²) in [5.74, 6) is -0.373. The Kier molecular flexibility index (Phi) is 8.20. The lowest BCUT2D eigenvalue weighted by Crippen LogP contribution is -2.38. The molecule has 3 N–H and O–H groups in total. The van der Waals surface area contributed by atoms with Crippen LogP contribution in [0.25, 0.3) is 0 Å². The molecule has 4 amide bonds. The van der Waals surface area contributed by atoms with E-state index in [-0.39, 0.29) is 17.9 Å². The SMILES string of the molecule is CCc1ccc(NC(=O)NCCCN(C(=O)Nc2ccccc2)c2ccc(F)cc2)cc1. The molecule has 32 heavy (non-hydrogen) atoms. The minimum absolute atomic E-state index is 0.309. The van der Waals surface area contributed by atoms with E-state index in [9.17, 15) is 14.0 Å². The first-order chi connectivity index (χ1) is 15.5. The van der Waals surface area contributed by atoms with Gasteiger partial charge in [0, 0.05) is 30.2 Å². The van der Waals surface area contributed by atoms with Gasteiger partial charge in [-0.25, -0.2) is 14.0 Å². The molecule has 0 spiro atoms. The Morgan fingerprint density at radius 1 is 0.844 bits per heavy atom. The van der Waals surface area contributed by atoms with Gasteiger partial charge >= 0.3 is 12.1 Å². The molecule has 3 aromatic carbocycles. The molecule has 0 aliphatic rings. The number of anilines is 3. The Bertz CT molecular complexity index is 1010. The van der Waals surface area contributed by atoms with Gasteiger partial charge in [-0.3, -0.25) is 4.90 Å². The Morgan fingerprint density at radius 3 is 2.16 bits per heavy atom. The van der Waals surface area contributed by atoms with Crippen LogP contribution in [0.4, 0.5) is 31.0 Å². The van der Waals surface area contributed by atoms with E-state index < -0.39 is 0 Å². The van der Waals surface area contributed by atoms with Crippen LogP contribution in [0, 0.1) is 5.82 Å². The highest BCUT2D eigenvalue weighted by atomic mass is 19.1. The maximum Gasteiger partial charge on any atom is 0.326 e. The molecule has 166 valence electrons. The number of halogens is 1. The topological polar surface area (TPSA) is 73.5 Å². The standard InChI is InChI=1S/C25H27FN4O2/c1-2-19-9-13-22(14-10-19)28-24(31)27-17-6-18-30(23-15-11-20(26)12-16-23)25(32)29-21-7-4-3-5-8-21/h3-5,7-16H,2,6,17-18H2,1H3,(H,29,32)(H2,27,28,31). The number of amides is 4. The molecular weight excluding hydrogens is 407 g/mol. The normalized spacial score (nSPS) is 10.3. The van der Waals surface area contributed by atoms with Crippen molar-refractivity contribution in [2.45, 2.75) is 19.8 Å². The van der Waals surface area contributed by atoms with Crippen molar-refractivity contribution in [1.29, 1.82) is 0 Å². The van der Waals surface area contributed by atoms with Crippen molar-refractivity contribution >= 4 is 29.1 Å². The number of benzene rings is 3. The number of nitrogens with one attached hydrogen (secondary N) is 3. The van der Waals surface area contributed by atoms with Crippen LogP contribution < -0.4 is 20.9 Å². The summed E-state index contributed by atoms with van der Waals surface area (Å²) in [5.41, 5.74) is 3.15. The van der Waals surface area contributed by atoms with Gasteiger partial charge in [0.05, 0.1) is 0 Å². The average molecular weight is 435 g/mol. The molecule has 0 bridgehead atoms. The largest absolute Gasteiger partial charge is 0.338 e. The molecule has 6 nitrogen and oxygen atoms in total. The van der Waals surface area contributed by atoms with Crippen LogP contribution >= 0.6 is 0 Å². The van der Waals surface area contributed by atoms with Crippen molar-refractivity contribution in [3.05, 3.63) is 90.2 Å². The molecule has 0 saturated carbocycles. The van der Waals surface area contributed by atoms with Crippen LogP contribution in [0.15, 0.2) is 78.9 Å². The van der Waals surface area contributed by atoms with E-state index in [4.69, 9.17) is 0 Å². The molecule has 3 aromatic rings. The second-order valence-electron chi connectivity index (χ2n) is 7.21. The molecule has 3 rings (SSSR count). The lowest BCUT2D eigenvalue weighted by molar-refractivity contribution is 0.252. The summed E-state index contributed by atoms with van der Waals surface area (Å²) < 4.78 is 13.3. The minimum Gasteiger partial charge on any atom is -0.338 e. The maximum atomic E-state index is 13.3. The number of aryl methyl sites for hydroxylation is 1. The summed E-state index contributed by atoms with van der Waals surface area (Å²) in [6.07, 6.45) is 1.46. The predicted octanol–water partition coefficient (Wildman–Crippen LogP) is 5.64. The van der Waals surface area contributed by atoms with E-state index in [0.717, 1.165) is 12.1 Å². The molecule has 0 atom stereocenters. The van der Waals surface area contributed by atoms with Crippen LogP contribution in [0.2, 0.25) is 0 Å². The lowest BCUT2D eigenvalue weighted by Gasteiger charge is -2.23. The number of carbonyl (C=O) groups excluding carboxylic acids is 2. The molecule has 7 heteroatoms. The van der Waals surface area contributed by atoms with E-state index in [1.165, 1.54) is 22.6 Å². The first kappa shape index (κ1) is 22.8. The number of carbonyl (C=O) groups is 2. The molecular formula is C25H27FN4O2. The first-order valence-electron chi connectivity index (χ1n) is 10.6. The molecule has 0 radical (unpaired) electrons. The Morgan fingerprint density at radius 2 is 1.50 bits per heavy atom. The number of urea groups is 2. The molecule has 0 heterocycles. The quantitative estimate of drug-likeness (QED) is 0.402. The van der Waals surface area contributed by atoms with Crippen LogP contribution in [-0.4, -0.2) is 25.2 Å². The zero-order chi connectivity index (χ0) is 22.8. The number of nitrogens with zero attached hydrogens (tertiary/aromatic N) is 1. The number of rotatable bonds is 8. The molecule has 0 fully saturated rings. The number of para-hydroxylation sites is 1. The molecule has 0 aliphatic heterocycles. The number of hydrogen-bond acceptors (Lipinski definition) is 2. The monoisotopic (exact) mass is 434 g/mol. The molecule has 0 aliphatic carbocycles. The van der Waals surface area contributed by atoms with Crippen molar-refractivity contribution in [1.82, 2.24) is 5.32 Å². The van der Waals surface area contributed by atoms with Gasteiger partial charge in [-0.1, -0.05) is 37.3 Å². The fourth-order valence-electron chi connectivity index (χ4n) is 3.12. The molecule has 0 saturated heterocycles. The highest BCUT2D eigenvalue weighted by molar-refractivity contribution is 6.01. The van der Waals surface area contributed by atoms with Gasteiger partial charge in [0.2, 0.25) is 0 Å². The summed E-state index contributed by atoms with van der Waals surface area (Å²) in [6.45, 7) is 2.79. The van der Waals surface area contributed by atoms with Crippen LogP contribution in [-0.2, 0) is 6.42 Å². The molecule has 0 unspecified atom stereocenters. The van der Waals surface area contributed by atoms with Gasteiger partial charge in [0.1, 0.15) is 5.82 Å². The Hall–Kier alpha value is -3.87. The first-order valence-corrected chi connectivity index (χ1v) is 10.6. The van der Waals surface area contributed by atoms with Crippen molar-refractivity contribution in [2.24, 2.45) is 0 Å². The Balaban J connectivity index is 1.54. The highest BCUT2D eigenvalue weighted by Crippen LogP contribution is 2.17. The van der Waals surface area contributed by atoms with E-state index in [1.54, 1.807) is 24.3 Å². The smallest absolute Gasteiger partial charge is 0.326 e. The second kappa shape index (κ2) is 11.5. The van der Waals surface area contributed by atoms with Crippen molar-refractivity contribution in [3.63, 3.8) is 0 Å². The van der Waals surface area contributed by atoms with Gasteiger partial charge < -0.3 is 16.0 Å². The van der Waals surface area contributed by atoms with Gasteiger partial charge in [0.15, 0.2) is 0 Å². The average Bonchev–Trinajstić information content (AvgIpc) is 2.81. The van der Waals surface area contributed by atoms with Crippen molar-refractivity contribution < 1.29 is 14.0 Å². The summed E-state index contributed by atoms with van der Waals surface area (Å²) in [5, 5.41) is 8.43. The van der Waals surface area contributed by atoms with Gasteiger partial charge in [-0.2, -0.15) is 0 Å². The summed E-state index contributed by atoms with van der Waals surface area (Å²) in [4.78, 5) is 26.5. The predicted molar refractivity (Wildman–Crippen MR) is 127 cm³/mol. The summed E-state index contributed by atoms with van der Waals surface area (Å²) in [7, 11) is 0. The fourth-order valence-corrected chi connectivity index (χ4v) is 3.12. The third-order valence-electron chi connectivity index (χ3n) is 4.87. The summed E-state index contributed by atoms with van der Waals surface area (Å²) in [6, 6.07) is 21.9. The van der Waals surface area contributed by atoms with Gasteiger partial charge in [-0.05, 0) is 66.9 Å². The zero-order valence-corrected chi connectivity index (χ0v) is 18.0. The van der Waals surface area contributed by atoms with Crippen molar-refractivity contribution in [2.75, 3.05) is 28.6 Å². The van der Waals surface area contributed by atoms with E-state index in [2.05, 4.69) is 22.9 Å². The summed E-state index contributed by atoms with van der Waals surface area (Å²) >= 11 is 0. The highest BCUT2D eigenvalue weighted by Gasteiger charge is 2.16. The number of hydrogen-bond donors (Lipinski definition) is 3. The third kappa shape index (κ3) is 6.84. The van der Waals surface area contributed by atoms with Crippen LogP contribution in [0.1, 0.15) is 18.9 Å². The van der Waals surface area contributed by atoms with E-state index in [0.29, 0.717) is 30.9 Å². The molecule has 0 aromatic heterocycles. The maximum absolute atomic E-state index is 13.3. The van der Waals surface area contributed by atoms with E-state index in [1.807, 2.05) is 42.5 Å². The minimum atomic E-state index is -0.373. The van der Waals surface area contributed by atoms with Gasteiger partial charge in [0.25, 0.3) is 0 Å². The second-order valence-corrected chi connectivity index (χ2v) is 7.21. The van der Waals surface area contributed by atoms with Crippen LogP contribution in [0.3, 0.4) is 0 Å². The van der Waals surface area contributed by atoms with Gasteiger partial charge in [-0.15, -0.1) is 0 Å². The fraction of sp³-hybridized carbons (Fsp3) is 0.200.